The predicted molar refractivity (Wildman–Crippen MR) is 94.7 cm³/mol. The van der Waals surface area contributed by atoms with Crippen molar-refractivity contribution < 1.29 is 23.8 Å². The molecule has 132 valence electrons. The average molecular weight is 343 g/mol. The number of methoxy groups -OCH3 is 2. The van der Waals surface area contributed by atoms with Gasteiger partial charge in [-0.1, -0.05) is 12.1 Å². The second-order valence-electron chi connectivity index (χ2n) is 5.40. The molecule has 2 aromatic carbocycles. The van der Waals surface area contributed by atoms with Crippen LogP contribution in [0.2, 0.25) is 0 Å². The van der Waals surface area contributed by atoms with Crippen LogP contribution in [-0.4, -0.2) is 32.0 Å². The highest BCUT2D eigenvalue weighted by Crippen LogP contribution is 2.29. The fourth-order valence-corrected chi connectivity index (χ4v) is 2.20. The summed E-state index contributed by atoms with van der Waals surface area (Å²) in [5.41, 5.74) is 1.10. The van der Waals surface area contributed by atoms with Gasteiger partial charge in [0.05, 0.1) is 14.2 Å². The summed E-state index contributed by atoms with van der Waals surface area (Å²) in [6, 6.07) is 11.8. The quantitative estimate of drug-likeness (QED) is 0.781. The lowest BCUT2D eigenvalue weighted by molar-refractivity contribution is -0.122. The number of ketones is 1. The van der Waals surface area contributed by atoms with Gasteiger partial charge in [-0.05, 0) is 38.1 Å². The minimum absolute atomic E-state index is 0.0621. The molecule has 0 bridgehead atoms. The van der Waals surface area contributed by atoms with Crippen molar-refractivity contribution in [2.75, 3.05) is 19.5 Å². The molecule has 0 unspecified atom stereocenters. The Morgan fingerprint density at radius 1 is 1.00 bits per heavy atom. The van der Waals surface area contributed by atoms with Gasteiger partial charge in [0.1, 0.15) is 5.75 Å². The van der Waals surface area contributed by atoms with Gasteiger partial charge >= 0.3 is 0 Å². The zero-order chi connectivity index (χ0) is 18.4. The molecule has 25 heavy (non-hydrogen) atoms. The molecule has 0 aliphatic heterocycles. The molecule has 6 nitrogen and oxygen atoms in total. The molecule has 0 aromatic heterocycles. The van der Waals surface area contributed by atoms with Gasteiger partial charge in [0, 0.05) is 17.3 Å². The second kappa shape index (κ2) is 8.19. The normalized spacial score (nSPS) is 11.4. The summed E-state index contributed by atoms with van der Waals surface area (Å²) < 4.78 is 16.0. The average Bonchev–Trinajstić information content (AvgIpc) is 2.61. The molecular weight excluding hydrogens is 322 g/mol. The molecule has 0 saturated carbocycles. The van der Waals surface area contributed by atoms with E-state index in [-0.39, 0.29) is 11.7 Å². The third-order valence-corrected chi connectivity index (χ3v) is 3.57. The van der Waals surface area contributed by atoms with Gasteiger partial charge in [-0.15, -0.1) is 0 Å². The standard InChI is InChI=1S/C19H21NO5/c1-12(21)14-6-5-7-16(10-14)25-13(2)19(22)20-15-8-9-17(23-3)18(11-15)24-4/h5-11,13H,1-4H3,(H,20,22)/t13-/m1/s1. The Kier molecular flexibility index (Phi) is 6.00. The van der Waals surface area contributed by atoms with Crippen LogP contribution in [0.5, 0.6) is 17.2 Å². The van der Waals surface area contributed by atoms with E-state index >= 15 is 0 Å². The molecular formula is C19H21NO5. The summed E-state index contributed by atoms with van der Waals surface area (Å²) in [6.07, 6.45) is -0.740. The molecule has 0 aliphatic rings. The van der Waals surface area contributed by atoms with Crippen molar-refractivity contribution in [3.05, 3.63) is 48.0 Å². The van der Waals surface area contributed by atoms with E-state index in [0.29, 0.717) is 28.5 Å². The molecule has 0 saturated heterocycles. The predicted octanol–water partition coefficient (Wildman–Crippen LogP) is 3.31. The van der Waals surface area contributed by atoms with Gasteiger partial charge < -0.3 is 19.5 Å². The number of hydrogen-bond acceptors (Lipinski definition) is 5. The Morgan fingerprint density at radius 3 is 2.36 bits per heavy atom. The summed E-state index contributed by atoms with van der Waals surface area (Å²) in [7, 11) is 3.07. The van der Waals surface area contributed by atoms with Gasteiger partial charge in [-0.25, -0.2) is 0 Å². The molecule has 0 heterocycles. The molecule has 1 N–H and O–H groups in total. The lowest BCUT2D eigenvalue weighted by Crippen LogP contribution is -2.30. The number of carbonyl (C=O) groups is 2. The fraction of sp³-hybridized carbons (Fsp3) is 0.263. The van der Waals surface area contributed by atoms with Crippen LogP contribution in [0.25, 0.3) is 0 Å². The van der Waals surface area contributed by atoms with Crippen molar-refractivity contribution in [3.8, 4) is 17.2 Å². The highest BCUT2D eigenvalue weighted by Gasteiger charge is 2.16. The first-order valence-electron chi connectivity index (χ1n) is 7.75. The first-order chi connectivity index (χ1) is 11.9. The number of Topliss-reactive ketones (excluding diaryl/α,β-unsaturated/α-hetero) is 1. The molecule has 2 rings (SSSR count). The molecule has 0 radical (unpaired) electrons. The zero-order valence-electron chi connectivity index (χ0n) is 14.7. The molecule has 0 fully saturated rings. The van der Waals surface area contributed by atoms with Crippen molar-refractivity contribution in [3.63, 3.8) is 0 Å². The summed E-state index contributed by atoms with van der Waals surface area (Å²) in [5, 5.41) is 2.76. The largest absolute Gasteiger partial charge is 0.493 e. The molecule has 1 amide bonds. The topological polar surface area (TPSA) is 73.9 Å². The highest BCUT2D eigenvalue weighted by atomic mass is 16.5. The Morgan fingerprint density at radius 2 is 1.72 bits per heavy atom. The summed E-state index contributed by atoms with van der Waals surface area (Å²) >= 11 is 0. The van der Waals surface area contributed by atoms with E-state index in [0.717, 1.165) is 0 Å². The van der Waals surface area contributed by atoms with Gasteiger partial charge in [-0.2, -0.15) is 0 Å². The van der Waals surface area contributed by atoms with Crippen LogP contribution >= 0.6 is 0 Å². The maximum atomic E-state index is 12.3. The third kappa shape index (κ3) is 4.73. The van der Waals surface area contributed by atoms with Crippen LogP contribution in [0.4, 0.5) is 5.69 Å². The van der Waals surface area contributed by atoms with Crippen LogP contribution in [0.3, 0.4) is 0 Å². The van der Waals surface area contributed by atoms with Gasteiger partial charge in [-0.3, -0.25) is 9.59 Å². The van der Waals surface area contributed by atoms with E-state index in [1.807, 2.05) is 0 Å². The number of rotatable bonds is 7. The van der Waals surface area contributed by atoms with E-state index in [4.69, 9.17) is 14.2 Å². The second-order valence-corrected chi connectivity index (χ2v) is 5.40. The molecule has 2 aromatic rings. The van der Waals surface area contributed by atoms with E-state index in [1.54, 1.807) is 56.5 Å². The fourth-order valence-electron chi connectivity index (χ4n) is 2.20. The maximum Gasteiger partial charge on any atom is 0.265 e. The van der Waals surface area contributed by atoms with Crippen LogP contribution in [-0.2, 0) is 4.79 Å². The number of amides is 1. The number of anilines is 1. The minimum atomic E-state index is -0.740. The van der Waals surface area contributed by atoms with Crippen molar-refractivity contribution in [2.24, 2.45) is 0 Å². The Hall–Kier alpha value is -3.02. The van der Waals surface area contributed by atoms with Crippen molar-refractivity contribution in [2.45, 2.75) is 20.0 Å². The Labute approximate surface area is 146 Å². The summed E-state index contributed by atoms with van der Waals surface area (Å²) in [5.74, 6) is 1.17. The SMILES string of the molecule is COc1ccc(NC(=O)[C@@H](C)Oc2cccc(C(C)=O)c2)cc1OC. The number of nitrogens with one attached hydrogen (secondary N) is 1. The number of ether oxygens (including phenoxy) is 3. The van der Waals surface area contributed by atoms with E-state index in [1.165, 1.54) is 14.0 Å². The van der Waals surface area contributed by atoms with E-state index in [9.17, 15) is 9.59 Å². The molecule has 0 aliphatic carbocycles. The molecule has 0 spiro atoms. The summed E-state index contributed by atoms with van der Waals surface area (Å²) in [4.78, 5) is 23.7. The van der Waals surface area contributed by atoms with Gasteiger partial charge in [0.25, 0.3) is 5.91 Å². The van der Waals surface area contributed by atoms with Gasteiger partial charge in [0.15, 0.2) is 23.4 Å². The Balaban J connectivity index is 2.05. The smallest absolute Gasteiger partial charge is 0.265 e. The number of hydrogen-bond donors (Lipinski definition) is 1. The summed E-state index contributed by atoms with van der Waals surface area (Å²) in [6.45, 7) is 3.11. The Bertz CT molecular complexity index is 772. The van der Waals surface area contributed by atoms with Crippen LogP contribution in [0.1, 0.15) is 24.2 Å². The monoisotopic (exact) mass is 343 g/mol. The lowest BCUT2D eigenvalue weighted by atomic mass is 10.1. The third-order valence-electron chi connectivity index (χ3n) is 3.57. The van der Waals surface area contributed by atoms with Crippen LogP contribution in [0.15, 0.2) is 42.5 Å². The first-order valence-corrected chi connectivity index (χ1v) is 7.75. The van der Waals surface area contributed by atoms with Crippen molar-refractivity contribution >= 4 is 17.4 Å². The van der Waals surface area contributed by atoms with Crippen LogP contribution < -0.4 is 19.5 Å². The van der Waals surface area contributed by atoms with Crippen LogP contribution in [0, 0.1) is 0 Å². The first kappa shape index (κ1) is 18.3. The molecule has 1 atom stereocenters. The van der Waals surface area contributed by atoms with Gasteiger partial charge in [0.2, 0.25) is 0 Å². The molecule has 6 heteroatoms. The number of carbonyl (C=O) groups excluding carboxylic acids is 2. The lowest BCUT2D eigenvalue weighted by Gasteiger charge is -2.16. The highest BCUT2D eigenvalue weighted by molar-refractivity contribution is 5.95. The van der Waals surface area contributed by atoms with E-state index < -0.39 is 6.10 Å². The maximum absolute atomic E-state index is 12.3. The number of benzene rings is 2. The van der Waals surface area contributed by atoms with Crippen molar-refractivity contribution in [1.29, 1.82) is 0 Å². The minimum Gasteiger partial charge on any atom is -0.493 e. The zero-order valence-corrected chi connectivity index (χ0v) is 14.7. The van der Waals surface area contributed by atoms with Crippen molar-refractivity contribution in [1.82, 2.24) is 0 Å². The van der Waals surface area contributed by atoms with E-state index in [2.05, 4.69) is 5.32 Å².